The van der Waals surface area contributed by atoms with Crippen molar-refractivity contribution in [2.24, 2.45) is 0 Å². The maximum Gasteiger partial charge on any atom is 0.00788 e. The Labute approximate surface area is 90.6 Å². The first-order chi connectivity index (χ1) is 6.61. The predicted molar refractivity (Wildman–Crippen MR) is 66.8 cm³/mol. The van der Waals surface area contributed by atoms with Gasteiger partial charge >= 0.3 is 0 Å². The first kappa shape index (κ1) is 16.1. The quantitative estimate of drug-likeness (QED) is 0.608. The van der Waals surface area contributed by atoms with Gasteiger partial charge in [-0.05, 0) is 47.1 Å². The Morgan fingerprint density at radius 1 is 1.07 bits per heavy atom. The minimum Gasteiger partial charge on any atom is -0.309 e. The summed E-state index contributed by atoms with van der Waals surface area (Å²) in [5, 5.41) is 0. The first-order valence-electron chi connectivity index (χ1n) is 5.50. The zero-order valence-electron chi connectivity index (χ0n) is 10.7. The van der Waals surface area contributed by atoms with Gasteiger partial charge in [-0.3, -0.25) is 0 Å². The smallest absolute Gasteiger partial charge is 0.00788 e. The van der Waals surface area contributed by atoms with Crippen LogP contribution in [0, 0.1) is 0 Å². The topological polar surface area (TPSA) is 6.48 Å². The van der Waals surface area contributed by atoms with E-state index in [9.17, 15) is 0 Å². The minimum atomic E-state index is 0.724. The van der Waals surface area contributed by atoms with Gasteiger partial charge in [0, 0.05) is 6.04 Å². The molecule has 0 fully saturated rings. The van der Waals surface area contributed by atoms with E-state index in [1.54, 1.807) is 0 Å². The third-order valence-corrected chi connectivity index (χ3v) is 2.43. The highest BCUT2D eigenvalue weighted by molar-refractivity contribution is 4.65. The van der Waals surface area contributed by atoms with Crippen molar-refractivity contribution in [1.29, 1.82) is 0 Å². The maximum atomic E-state index is 3.00. The van der Waals surface area contributed by atoms with Crippen molar-refractivity contribution in [3.05, 3.63) is 13.2 Å². The van der Waals surface area contributed by atoms with Crippen molar-refractivity contribution in [3.63, 3.8) is 0 Å². The van der Waals surface area contributed by atoms with Crippen molar-refractivity contribution in [3.8, 4) is 0 Å². The molecule has 0 N–H and O–H groups in total. The second-order valence-corrected chi connectivity index (χ2v) is 3.66. The fourth-order valence-electron chi connectivity index (χ4n) is 1.47. The lowest BCUT2D eigenvalue weighted by atomic mass is 10.2. The van der Waals surface area contributed by atoms with Gasteiger partial charge in [-0.2, -0.15) is 0 Å². The summed E-state index contributed by atoms with van der Waals surface area (Å²) >= 11 is 0. The Bertz CT molecular complexity index is 109. The molecule has 0 aromatic rings. The molecule has 0 spiro atoms. The molecule has 2 nitrogen and oxygen atoms in total. The summed E-state index contributed by atoms with van der Waals surface area (Å²) in [6.07, 6.45) is 1.27. The number of nitrogens with zero attached hydrogens (tertiary/aromatic N) is 2. The lowest BCUT2D eigenvalue weighted by Crippen LogP contribution is -2.34. The molecule has 0 heterocycles. The molecule has 0 radical (unpaired) electrons. The average Bonchev–Trinajstić information content (AvgIpc) is 2.19. The van der Waals surface area contributed by atoms with Crippen molar-refractivity contribution in [1.82, 2.24) is 9.80 Å². The number of rotatable bonds is 6. The fourth-order valence-corrected chi connectivity index (χ4v) is 1.47. The molecule has 1 unspecified atom stereocenters. The normalized spacial score (nSPS) is 12.5. The number of hydrogen-bond acceptors (Lipinski definition) is 2. The molecule has 2 heteroatoms. The molecule has 0 aliphatic heterocycles. The summed E-state index contributed by atoms with van der Waals surface area (Å²) < 4.78 is 0. The van der Waals surface area contributed by atoms with Crippen LogP contribution in [0.25, 0.3) is 0 Å². The van der Waals surface area contributed by atoms with Crippen LogP contribution in [-0.4, -0.2) is 49.6 Å². The Balaban J connectivity index is 0. The molecule has 0 aromatic carbocycles. The van der Waals surface area contributed by atoms with Gasteiger partial charge < -0.3 is 9.80 Å². The Morgan fingerprint density at radius 2 is 1.50 bits per heavy atom. The van der Waals surface area contributed by atoms with Gasteiger partial charge in [0.05, 0.1) is 0 Å². The third kappa shape index (κ3) is 8.27. The molecule has 0 amide bonds. The minimum absolute atomic E-state index is 0.724. The molecule has 0 bridgehead atoms. The molecule has 14 heavy (non-hydrogen) atoms. The Kier molecular flexibility index (Phi) is 12.4. The van der Waals surface area contributed by atoms with Crippen LogP contribution in [0.1, 0.15) is 27.2 Å². The SMILES string of the molecule is C=C.CCN(CC)C(C)CCN(C)C. The predicted octanol–water partition coefficient (Wildman–Crippen LogP) is 2.47. The van der Waals surface area contributed by atoms with Crippen molar-refractivity contribution in [2.75, 3.05) is 33.7 Å². The summed E-state index contributed by atoms with van der Waals surface area (Å²) in [5.74, 6) is 0. The van der Waals surface area contributed by atoms with Crippen LogP contribution in [0.2, 0.25) is 0 Å². The molecule has 0 aliphatic rings. The molecule has 0 saturated carbocycles. The summed E-state index contributed by atoms with van der Waals surface area (Å²) in [5.41, 5.74) is 0. The highest BCUT2D eigenvalue weighted by Gasteiger charge is 2.09. The summed E-state index contributed by atoms with van der Waals surface area (Å²) in [6, 6.07) is 0.724. The molecule has 0 saturated heterocycles. The molecular formula is C12H28N2. The lowest BCUT2D eigenvalue weighted by Gasteiger charge is -2.27. The third-order valence-electron chi connectivity index (χ3n) is 2.43. The van der Waals surface area contributed by atoms with Gasteiger partial charge in [0.1, 0.15) is 0 Å². The summed E-state index contributed by atoms with van der Waals surface area (Å²) in [4.78, 5) is 4.75. The van der Waals surface area contributed by atoms with Crippen LogP contribution in [0.15, 0.2) is 13.2 Å². The van der Waals surface area contributed by atoms with E-state index in [1.165, 1.54) is 26.1 Å². The van der Waals surface area contributed by atoms with E-state index in [0.29, 0.717) is 0 Å². The monoisotopic (exact) mass is 200 g/mol. The van der Waals surface area contributed by atoms with E-state index < -0.39 is 0 Å². The molecule has 86 valence electrons. The van der Waals surface area contributed by atoms with E-state index in [0.717, 1.165) is 6.04 Å². The molecular weight excluding hydrogens is 172 g/mol. The summed E-state index contributed by atoms with van der Waals surface area (Å²) in [7, 11) is 4.27. The second kappa shape index (κ2) is 10.7. The maximum absolute atomic E-state index is 3.00. The Hall–Kier alpha value is -0.340. The number of hydrogen-bond donors (Lipinski definition) is 0. The highest BCUT2D eigenvalue weighted by Crippen LogP contribution is 2.02. The van der Waals surface area contributed by atoms with Crippen molar-refractivity contribution < 1.29 is 0 Å². The van der Waals surface area contributed by atoms with E-state index in [2.05, 4.69) is 57.8 Å². The van der Waals surface area contributed by atoms with E-state index >= 15 is 0 Å². The standard InChI is InChI=1S/C10H24N2.C2H4/c1-6-12(7-2)10(3)8-9-11(4)5;1-2/h10H,6-9H2,1-5H3;1-2H2. The fraction of sp³-hybridized carbons (Fsp3) is 0.833. The van der Waals surface area contributed by atoms with Gasteiger partial charge in [0.25, 0.3) is 0 Å². The molecule has 0 aliphatic carbocycles. The van der Waals surface area contributed by atoms with Gasteiger partial charge in [0.2, 0.25) is 0 Å². The summed E-state index contributed by atoms with van der Waals surface area (Å²) in [6.45, 7) is 16.3. The zero-order valence-corrected chi connectivity index (χ0v) is 10.7. The molecule has 0 aromatic heterocycles. The largest absolute Gasteiger partial charge is 0.309 e. The van der Waals surface area contributed by atoms with Crippen LogP contribution in [0.5, 0.6) is 0 Å². The van der Waals surface area contributed by atoms with Crippen molar-refractivity contribution in [2.45, 2.75) is 33.2 Å². The first-order valence-corrected chi connectivity index (χ1v) is 5.50. The lowest BCUT2D eigenvalue weighted by molar-refractivity contribution is 0.206. The average molecular weight is 200 g/mol. The zero-order chi connectivity index (χ0) is 11.6. The van der Waals surface area contributed by atoms with E-state index in [4.69, 9.17) is 0 Å². The van der Waals surface area contributed by atoms with Gasteiger partial charge in [-0.1, -0.05) is 13.8 Å². The second-order valence-electron chi connectivity index (χ2n) is 3.66. The molecule has 0 rings (SSSR count). The van der Waals surface area contributed by atoms with Crippen LogP contribution in [0.4, 0.5) is 0 Å². The van der Waals surface area contributed by atoms with E-state index in [1.807, 2.05) is 0 Å². The Morgan fingerprint density at radius 3 is 1.79 bits per heavy atom. The van der Waals surface area contributed by atoms with Crippen LogP contribution < -0.4 is 0 Å². The highest BCUT2D eigenvalue weighted by atomic mass is 15.1. The van der Waals surface area contributed by atoms with Crippen LogP contribution >= 0.6 is 0 Å². The van der Waals surface area contributed by atoms with Crippen LogP contribution in [0.3, 0.4) is 0 Å². The van der Waals surface area contributed by atoms with Gasteiger partial charge in [0.15, 0.2) is 0 Å². The van der Waals surface area contributed by atoms with Gasteiger partial charge in [-0.15, -0.1) is 13.2 Å². The van der Waals surface area contributed by atoms with Crippen molar-refractivity contribution >= 4 is 0 Å². The van der Waals surface area contributed by atoms with E-state index in [-0.39, 0.29) is 0 Å². The van der Waals surface area contributed by atoms with Gasteiger partial charge in [-0.25, -0.2) is 0 Å². The van der Waals surface area contributed by atoms with Crippen LogP contribution in [-0.2, 0) is 0 Å². The molecule has 1 atom stereocenters.